The van der Waals surface area contributed by atoms with E-state index in [0.29, 0.717) is 11.1 Å². The summed E-state index contributed by atoms with van der Waals surface area (Å²) < 4.78 is 11.0. The number of hydrogen-bond donors (Lipinski definition) is 0. The Morgan fingerprint density at radius 2 is 1.86 bits per heavy atom. The highest BCUT2D eigenvalue weighted by molar-refractivity contribution is 6.06. The maximum Gasteiger partial charge on any atom is 0.339 e. The smallest absolute Gasteiger partial charge is 0.339 e. The first-order valence-electron chi connectivity index (χ1n) is 9.30. The number of furan rings is 1. The lowest BCUT2D eigenvalue weighted by atomic mass is 10.0. The molecule has 1 aliphatic carbocycles. The second-order valence-electron chi connectivity index (χ2n) is 6.93. The monoisotopic (exact) mass is 371 g/mol. The summed E-state index contributed by atoms with van der Waals surface area (Å²) in [6.07, 6.45) is 2.63. The van der Waals surface area contributed by atoms with E-state index in [9.17, 15) is 9.59 Å². The number of ketones is 1. The standard InChI is InChI=1S/C23H17NO4/c25-19(21-12-14-6-1-4-11-20(14)28-21)13-27-23(26)22-15-7-2-3-9-17(15)24-18-10-5-8-16(18)22/h1-4,6-7,9,11-12H,5,8,10,13H2. The van der Waals surface area contributed by atoms with Crippen molar-refractivity contribution in [3.05, 3.63) is 77.2 Å². The average Bonchev–Trinajstić information content (AvgIpc) is 3.36. The van der Waals surface area contributed by atoms with Crippen LogP contribution in [0.3, 0.4) is 0 Å². The number of aryl methyl sites for hydroxylation is 1. The summed E-state index contributed by atoms with van der Waals surface area (Å²) in [5.41, 5.74) is 3.85. The molecule has 2 heterocycles. The van der Waals surface area contributed by atoms with E-state index in [1.54, 1.807) is 12.1 Å². The van der Waals surface area contributed by atoms with Gasteiger partial charge in [-0.1, -0.05) is 36.4 Å². The van der Waals surface area contributed by atoms with Gasteiger partial charge in [-0.3, -0.25) is 9.78 Å². The van der Waals surface area contributed by atoms with Gasteiger partial charge in [-0.15, -0.1) is 0 Å². The molecule has 0 unspecified atom stereocenters. The quantitative estimate of drug-likeness (QED) is 0.390. The number of fused-ring (bicyclic) bond motifs is 3. The lowest BCUT2D eigenvalue weighted by molar-refractivity contribution is 0.0469. The predicted octanol–water partition coefficient (Wildman–Crippen LogP) is 4.51. The van der Waals surface area contributed by atoms with Crippen LogP contribution in [0, 0.1) is 0 Å². The molecule has 0 amide bonds. The van der Waals surface area contributed by atoms with E-state index in [1.807, 2.05) is 42.5 Å². The van der Waals surface area contributed by atoms with E-state index >= 15 is 0 Å². The van der Waals surface area contributed by atoms with Gasteiger partial charge in [0.1, 0.15) is 5.58 Å². The van der Waals surface area contributed by atoms with Crippen LogP contribution in [0.2, 0.25) is 0 Å². The van der Waals surface area contributed by atoms with E-state index in [1.165, 1.54) is 0 Å². The summed E-state index contributed by atoms with van der Waals surface area (Å²) >= 11 is 0. The van der Waals surface area contributed by atoms with Crippen LogP contribution in [-0.2, 0) is 17.6 Å². The second-order valence-corrected chi connectivity index (χ2v) is 6.93. The molecule has 5 nitrogen and oxygen atoms in total. The molecule has 138 valence electrons. The highest BCUT2D eigenvalue weighted by Crippen LogP contribution is 2.30. The summed E-state index contributed by atoms with van der Waals surface area (Å²) in [6.45, 7) is -0.357. The highest BCUT2D eigenvalue weighted by atomic mass is 16.5. The molecule has 1 aliphatic rings. The molecule has 2 aromatic carbocycles. The van der Waals surface area contributed by atoms with Gasteiger partial charge in [-0.25, -0.2) is 4.79 Å². The first-order valence-corrected chi connectivity index (χ1v) is 9.30. The van der Waals surface area contributed by atoms with Crippen molar-refractivity contribution in [3.63, 3.8) is 0 Å². The number of ether oxygens (including phenoxy) is 1. The fourth-order valence-corrected chi connectivity index (χ4v) is 3.84. The van der Waals surface area contributed by atoms with Crippen LogP contribution >= 0.6 is 0 Å². The molecule has 2 aromatic heterocycles. The number of para-hydroxylation sites is 2. The minimum Gasteiger partial charge on any atom is -0.454 e. The van der Waals surface area contributed by atoms with Crippen LogP contribution in [0.5, 0.6) is 0 Å². The number of aromatic nitrogens is 1. The number of pyridine rings is 1. The molecule has 0 fully saturated rings. The first-order chi connectivity index (χ1) is 13.7. The van der Waals surface area contributed by atoms with Crippen LogP contribution in [0.25, 0.3) is 21.9 Å². The van der Waals surface area contributed by atoms with Crippen molar-refractivity contribution in [2.75, 3.05) is 6.61 Å². The number of Topliss-reactive ketones (excluding diaryl/α,β-unsaturated/α-hetero) is 1. The van der Waals surface area contributed by atoms with Gasteiger partial charge < -0.3 is 9.15 Å². The van der Waals surface area contributed by atoms with Gasteiger partial charge in [-0.2, -0.15) is 0 Å². The number of nitrogens with zero attached hydrogens (tertiary/aromatic N) is 1. The Bertz CT molecular complexity index is 1210. The minimum absolute atomic E-state index is 0.193. The molecule has 0 N–H and O–H groups in total. The molecule has 4 aromatic rings. The third-order valence-electron chi connectivity index (χ3n) is 5.16. The normalized spacial score (nSPS) is 13.0. The van der Waals surface area contributed by atoms with Gasteiger partial charge >= 0.3 is 5.97 Å². The van der Waals surface area contributed by atoms with Crippen LogP contribution in [-0.4, -0.2) is 23.3 Å². The Labute approximate surface area is 160 Å². The summed E-state index contributed by atoms with van der Waals surface area (Å²) in [5, 5.41) is 1.61. The molecule has 5 rings (SSSR count). The van der Waals surface area contributed by atoms with E-state index in [4.69, 9.17) is 9.15 Å². The van der Waals surface area contributed by atoms with Crippen molar-refractivity contribution in [1.82, 2.24) is 4.98 Å². The van der Waals surface area contributed by atoms with Crippen molar-refractivity contribution >= 4 is 33.6 Å². The molecular weight excluding hydrogens is 354 g/mol. The number of carbonyl (C=O) groups is 2. The predicted molar refractivity (Wildman–Crippen MR) is 105 cm³/mol. The van der Waals surface area contributed by atoms with E-state index in [0.717, 1.165) is 46.8 Å². The first kappa shape index (κ1) is 16.7. The maximum atomic E-state index is 12.9. The minimum atomic E-state index is -0.485. The summed E-state index contributed by atoms with van der Waals surface area (Å²) in [6, 6.07) is 16.6. The molecule has 28 heavy (non-hydrogen) atoms. The van der Waals surface area contributed by atoms with Gasteiger partial charge in [-0.05, 0) is 43.0 Å². The molecule has 0 aliphatic heterocycles. The zero-order chi connectivity index (χ0) is 19.1. The molecular formula is C23H17NO4. The lowest BCUT2D eigenvalue weighted by Crippen LogP contribution is -2.16. The van der Waals surface area contributed by atoms with Gasteiger partial charge in [0.15, 0.2) is 12.4 Å². The Morgan fingerprint density at radius 1 is 1.04 bits per heavy atom. The Kier molecular flexibility index (Phi) is 3.93. The number of esters is 1. The summed E-state index contributed by atoms with van der Waals surface area (Å²) in [5.74, 6) is -0.653. The molecule has 0 spiro atoms. The zero-order valence-electron chi connectivity index (χ0n) is 15.1. The third kappa shape index (κ3) is 2.76. The number of benzene rings is 2. The molecule has 0 radical (unpaired) electrons. The number of rotatable bonds is 4. The molecule has 0 saturated carbocycles. The third-order valence-corrected chi connectivity index (χ3v) is 5.16. The molecule has 0 saturated heterocycles. The highest BCUT2D eigenvalue weighted by Gasteiger charge is 2.25. The Balaban J connectivity index is 1.42. The van der Waals surface area contributed by atoms with Crippen LogP contribution in [0.15, 0.2) is 59.0 Å². The van der Waals surface area contributed by atoms with Crippen LogP contribution in [0.4, 0.5) is 0 Å². The fourth-order valence-electron chi connectivity index (χ4n) is 3.84. The second kappa shape index (κ2) is 6.60. The molecule has 5 heteroatoms. The zero-order valence-corrected chi connectivity index (χ0v) is 15.1. The van der Waals surface area contributed by atoms with Crippen molar-refractivity contribution in [1.29, 1.82) is 0 Å². The summed E-state index contributed by atoms with van der Waals surface area (Å²) in [7, 11) is 0. The molecule has 0 bridgehead atoms. The van der Waals surface area contributed by atoms with E-state index < -0.39 is 5.97 Å². The lowest BCUT2D eigenvalue weighted by Gasteiger charge is -2.11. The summed E-state index contributed by atoms with van der Waals surface area (Å²) in [4.78, 5) is 30.0. The Hall–Kier alpha value is -3.47. The van der Waals surface area contributed by atoms with Crippen molar-refractivity contribution in [3.8, 4) is 0 Å². The van der Waals surface area contributed by atoms with Gasteiger partial charge in [0.25, 0.3) is 0 Å². The van der Waals surface area contributed by atoms with Crippen molar-refractivity contribution in [2.24, 2.45) is 0 Å². The average molecular weight is 371 g/mol. The van der Waals surface area contributed by atoms with Crippen LogP contribution in [0.1, 0.15) is 38.6 Å². The largest absolute Gasteiger partial charge is 0.454 e. The topological polar surface area (TPSA) is 69.4 Å². The number of hydrogen-bond acceptors (Lipinski definition) is 5. The van der Waals surface area contributed by atoms with E-state index in [-0.39, 0.29) is 18.2 Å². The van der Waals surface area contributed by atoms with Crippen molar-refractivity contribution in [2.45, 2.75) is 19.3 Å². The Morgan fingerprint density at radius 3 is 2.75 bits per heavy atom. The van der Waals surface area contributed by atoms with Crippen LogP contribution < -0.4 is 0 Å². The van der Waals surface area contributed by atoms with Gasteiger partial charge in [0, 0.05) is 16.5 Å². The van der Waals surface area contributed by atoms with Gasteiger partial charge in [0.05, 0.1) is 11.1 Å². The SMILES string of the molecule is O=C(COC(=O)c1c2c(nc3ccccc13)CCC2)c1cc2ccccc2o1. The van der Waals surface area contributed by atoms with E-state index in [2.05, 4.69) is 4.98 Å². The maximum absolute atomic E-state index is 12.9. The number of carbonyl (C=O) groups excluding carboxylic acids is 2. The molecule has 0 atom stereocenters. The van der Waals surface area contributed by atoms with Crippen molar-refractivity contribution < 1.29 is 18.7 Å². The van der Waals surface area contributed by atoms with Gasteiger partial charge in [0.2, 0.25) is 5.78 Å². The fraction of sp³-hybridized carbons (Fsp3) is 0.174.